The van der Waals surface area contributed by atoms with Crippen molar-refractivity contribution in [3.63, 3.8) is 0 Å². The molecule has 76 valence electrons. The molecule has 0 aliphatic carbocycles. The summed E-state index contributed by atoms with van der Waals surface area (Å²) in [6, 6.07) is 3.45. The third-order valence-corrected chi connectivity index (χ3v) is 2.91. The summed E-state index contributed by atoms with van der Waals surface area (Å²) >= 11 is 11.7. The average Bonchev–Trinajstić information content (AvgIpc) is 2.19. The van der Waals surface area contributed by atoms with Crippen LogP contribution in [-0.2, 0) is 16.0 Å². The Morgan fingerprint density at radius 3 is 2.64 bits per heavy atom. The van der Waals surface area contributed by atoms with Crippen LogP contribution in [0.25, 0.3) is 0 Å². The molecule has 0 bridgehead atoms. The van der Waals surface area contributed by atoms with E-state index in [9.17, 15) is 4.79 Å². The van der Waals surface area contributed by atoms with Crippen LogP contribution in [0.15, 0.2) is 12.1 Å². The van der Waals surface area contributed by atoms with Crippen LogP contribution in [0.2, 0.25) is 10.0 Å². The first-order chi connectivity index (χ1) is 6.56. The van der Waals surface area contributed by atoms with Crippen LogP contribution in [0.4, 0.5) is 0 Å². The van der Waals surface area contributed by atoms with Gasteiger partial charge in [-0.2, -0.15) is 0 Å². The fourth-order valence-electron chi connectivity index (χ4n) is 1.11. The highest BCUT2D eigenvalue weighted by molar-refractivity contribution is 6.42. The molecule has 0 atom stereocenters. The van der Waals surface area contributed by atoms with Gasteiger partial charge in [-0.1, -0.05) is 29.3 Å². The summed E-state index contributed by atoms with van der Waals surface area (Å²) in [5.41, 5.74) is 1.66. The molecule has 2 nitrogen and oxygen atoms in total. The summed E-state index contributed by atoms with van der Waals surface area (Å²) in [6.45, 7) is 1.83. The first kappa shape index (κ1) is 11.3. The molecule has 0 saturated carbocycles. The predicted molar refractivity (Wildman–Crippen MR) is 56.9 cm³/mol. The Labute approximate surface area is 92.8 Å². The Kier molecular flexibility index (Phi) is 3.78. The maximum atomic E-state index is 11.0. The minimum atomic E-state index is -0.286. The molecule has 1 aromatic carbocycles. The molecule has 0 heterocycles. The molecule has 0 radical (unpaired) electrons. The Hall–Kier alpha value is -0.730. The quantitative estimate of drug-likeness (QED) is 0.734. The van der Waals surface area contributed by atoms with Gasteiger partial charge in [-0.25, -0.2) is 0 Å². The lowest BCUT2D eigenvalue weighted by Gasteiger charge is -2.07. The molecular weight excluding hydrogens is 223 g/mol. The first-order valence-corrected chi connectivity index (χ1v) is 4.82. The largest absolute Gasteiger partial charge is 0.469 e. The average molecular weight is 233 g/mol. The van der Waals surface area contributed by atoms with Crippen LogP contribution >= 0.6 is 23.2 Å². The second kappa shape index (κ2) is 4.67. The number of hydrogen-bond donors (Lipinski definition) is 0. The van der Waals surface area contributed by atoms with E-state index in [4.69, 9.17) is 23.2 Å². The number of benzene rings is 1. The molecule has 0 amide bonds. The van der Waals surface area contributed by atoms with Crippen molar-refractivity contribution in [1.82, 2.24) is 0 Å². The van der Waals surface area contributed by atoms with Gasteiger partial charge in [0, 0.05) is 0 Å². The number of esters is 1. The summed E-state index contributed by atoms with van der Waals surface area (Å²) in [7, 11) is 1.36. The van der Waals surface area contributed by atoms with Gasteiger partial charge >= 0.3 is 5.97 Å². The zero-order chi connectivity index (χ0) is 10.7. The molecule has 1 rings (SSSR count). The SMILES string of the molecule is COC(=O)Cc1ccc(Cl)c(Cl)c1C. The van der Waals surface area contributed by atoms with E-state index in [1.807, 2.05) is 6.92 Å². The normalized spacial score (nSPS) is 10.0. The minimum absolute atomic E-state index is 0.221. The Bertz CT molecular complexity index is 361. The number of rotatable bonds is 2. The molecule has 0 N–H and O–H groups in total. The van der Waals surface area contributed by atoms with E-state index >= 15 is 0 Å². The summed E-state index contributed by atoms with van der Waals surface area (Å²) in [5.74, 6) is -0.286. The van der Waals surface area contributed by atoms with E-state index in [1.165, 1.54) is 7.11 Å². The molecule has 0 aliphatic rings. The molecule has 4 heteroatoms. The third kappa shape index (κ3) is 2.40. The van der Waals surface area contributed by atoms with E-state index in [-0.39, 0.29) is 12.4 Å². The van der Waals surface area contributed by atoms with E-state index in [2.05, 4.69) is 4.74 Å². The smallest absolute Gasteiger partial charge is 0.309 e. The topological polar surface area (TPSA) is 26.3 Å². The van der Waals surface area contributed by atoms with Gasteiger partial charge in [-0.3, -0.25) is 4.79 Å². The predicted octanol–water partition coefficient (Wildman–Crippen LogP) is 3.02. The summed E-state index contributed by atoms with van der Waals surface area (Å²) in [6.07, 6.45) is 0.221. The van der Waals surface area contributed by atoms with Gasteiger partial charge in [0.1, 0.15) is 0 Å². The molecule has 0 aromatic heterocycles. The molecule has 1 aromatic rings. The number of carbonyl (C=O) groups excluding carboxylic acids is 1. The number of hydrogen-bond acceptors (Lipinski definition) is 2. The Morgan fingerprint density at radius 2 is 2.07 bits per heavy atom. The molecule has 0 fully saturated rings. The fraction of sp³-hybridized carbons (Fsp3) is 0.300. The van der Waals surface area contributed by atoms with Crippen LogP contribution in [0.1, 0.15) is 11.1 Å². The van der Waals surface area contributed by atoms with Crippen molar-refractivity contribution in [2.24, 2.45) is 0 Å². The molecule has 0 aliphatic heterocycles. The van der Waals surface area contributed by atoms with Crippen LogP contribution in [0.3, 0.4) is 0 Å². The van der Waals surface area contributed by atoms with Crippen molar-refractivity contribution < 1.29 is 9.53 Å². The molecule has 0 spiro atoms. The van der Waals surface area contributed by atoms with Gasteiger partial charge < -0.3 is 4.74 Å². The van der Waals surface area contributed by atoms with E-state index in [1.54, 1.807) is 12.1 Å². The van der Waals surface area contributed by atoms with Gasteiger partial charge in [0.25, 0.3) is 0 Å². The van der Waals surface area contributed by atoms with Gasteiger partial charge in [-0.05, 0) is 24.1 Å². The molecular formula is C10H10Cl2O2. The van der Waals surface area contributed by atoms with E-state index in [0.29, 0.717) is 10.0 Å². The highest BCUT2D eigenvalue weighted by Gasteiger charge is 2.10. The third-order valence-electron chi connectivity index (χ3n) is 2.01. The van der Waals surface area contributed by atoms with E-state index in [0.717, 1.165) is 11.1 Å². The number of methoxy groups -OCH3 is 1. The molecule has 0 unspecified atom stereocenters. The number of ether oxygens (including phenoxy) is 1. The maximum Gasteiger partial charge on any atom is 0.309 e. The summed E-state index contributed by atoms with van der Waals surface area (Å²) in [4.78, 5) is 11.0. The zero-order valence-corrected chi connectivity index (χ0v) is 9.45. The Morgan fingerprint density at radius 1 is 1.43 bits per heavy atom. The van der Waals surface area contributed by atoms with Crippen LogP contribution in [-0.4, -0.2) is 13.1 Å². The molecule has 0 saturated heterocycles. The molecule has 14 heavy (non-hydrogen) atoms. The van der Waals surface area contributed by atoms with Gasteiger partial charge in [0.05, 0.1) is 23.6 Å². The zero-order valence-electron chi connectivity index (χ0n) is 7.93. The van der Waals surface area contributed by atoms with Gasteiger partial charge in [-0.15, -0.1) is 0 Å². The van der Waals surface area contributed by atoms with Crippen molar-refractivity contribution in [3.8, 4) is 0 Å². The first-order valence-electron chi connectivity index (χ1n) is 4.06. The van der Waals surface area contributed by atoms with Crippen LogP contribution < -0.4 is 0 Å². The lowest BCUT2D eigenvalue weighted by atomic mass is 10.1. The lowest BCUT2D eigenvalue weighted by Crippen LogP contribution is -2.05. The monoisotopic (exact) mass is 232 g/mol. The second-order valence-corrected chi connectivity index (χ2v) is 3.68. The number of carbonyl (C=O) groups is 1. The highest BCUT2D eigenvalue weighted by Crippen LogP contribution is 2.28. The van der Waals surface area contributed by atoms with Crippen molar-refractivity contribution in [2.75, 3.05) is 7.11 Å². The van der Waals surface area contributed by atoms with E-state index < -0.39 is 0 Å². The maximum absolute atomic E-state index is 11.0. The lowest BCUT2D eigenvalue weighted by molar-refractivity contribution is -0.139. The van der Waals surface area contributed by atoms with Gasteiger partial charge in [0.15, 0.2) is 0 Å². The van der Waals surface area contributed by atoms with Crippen molar-refractivity contribution in [3.05, 3.63) is 33.3 Å². The summed E-state index contributed by atoms with van der Waals surface area (Å²) in [5, 5.41) is 0.992. The van der Waals surface area contributed by atoms with Crippen molar-refractivity contribution in [2.45, 2.75) is 13.3 Å². The van der Waals surface area contributed by atoms with Crippen LogP contribution in [0.5, 0.6) is 0 Å². The second-order valence-electron chi connectivity index (χ2n) is 2.90. The minimum Gasteiger partial charge on any atom is -0.469 e. The van der Waals surface area contributed by atoms with Crippen molar-refractivity contribution >= 4 is 29.2 Å². The van der Waals surface area contributed by atoms with Crippen molar-refractivity contribution in [1.29, 1.82) is 0 Å². The Balaban J connectivity index is 3.00. The highest BCUT2D eigenvalue weighted by atomic mass is 35.5. The standard InChI is InChI=1S/C10H10Cl2O2/c1-6-7(5-9(13)14-2)3-4-8(11)10(6)12/h3-4H,5H2,1-2H3. The van der Waals surface area contributed by atoms with Crippen LogP contribution in [0, 0.1) is 6.92 Å². The fourth-order valence-corrected chi connectivity index (χ4v) is 1.50. The number of halogens is 2. The van der Waals surface area contributed by atoms with Gasteiger partial charge in [0.2, 0.25) is 0 Å². The summed E-state index contributed by atoms with van der Waals surface area (Å²) < 4.78 is 4.56.